The summed E-state index contributed by atoms with van der Waals surface area (Å²) in [6, 6.07) is 6.23. The molecule has 7 heteroatoms. The molecule has 0 fully saturated rings. The summed E-state index contributed by atoms with van der Waals surface area (Å²) >= 11 is 0. The van der Waals surface area contributed by atoms with E-state index in [4.69, 9.17) is 0 Å². The number of carbonyl (C=O) groups is 1. The van der Waals surface area contributed by atoms with Crippen molar-refractivity contribution in [3.05, 3.63) is 34.6 Å². The van der Waals surface area contributed by atoms with Gasteiger partial charge in [-0.1, -0.05) is 17.7 Å². The van der Waals surface area contributed by atoms with Gasteiger partial charge in [-0.15, -0.1) is 0 Å². The van der Waals surface area contributed by atoms with Gasteiger partial charge in [-0.2, -0.15) is 0 Å². The number of esters is 1. The first kappa shape index (κ1) is 17.2. The van der Waals surface area contributed by atoms with E-state index >= 15 is 0 Å². The Morgan fingerprint density at radius 3 is 2.29 bits per heavy atom. The van der Waals surface area contributed by atoms with Crippen molar-refractivity contribution in [2.75, 3.05) is 13.7 Å². The molecule has 1 aromatic carbocycles. The van der Waals surface area contributed by atoms with Gasteiger partial charge in [-0.3, -0.25) is 4.79 Å². The van der Waals surface area contributed by atoms with Gasteiger partial charge in [0.05, 0.1) is 7.11 Å². The quantitative estimate of drug-likeness (QED) is 0.484. The third-order valence-corrected chi connectivity index (χ3v) is 3.25. The molecular weight excluding hydrogens is 269 g/mol. The molecule has 0 radical (unpaired) electrons. The molecule has 0 unspecified atom stereocenters. The summed E-state index contributed by atoms with van der Waals surface area (Å²) in [4.78, 5) is 10.8. The van der Waals surface area contributed by atoms with Crippen LogP contribution in [0.5, 0.6) is 0 Å². The molecule has 88 valence electrons. The van der Waals surface area contributed by atoms with E-state index in [0.717, 1.165) is 5.56 Å². The van der Waals surface area contributed by atoms with Gasteiger partial charge in [0.15, 0.2) is 0 Å². The predicted octanol–water partition coefficient (Wildman–Crippen LogP) is -1.77. The van der Waals surface area contributed by atoms with Gasteiger partial charge < -0.3 is 9.46 Å². The summed E-state index contributed by atoms with van der Waals surface area (Å²) in [6.45, 7) is 1.36. The van der Waals surface area contributed by atoms with Crippen molar-refractivity contribution >= 4 is 16.0 Å². The van der Waals surface area contributed by atoms with Crippen LogP contribution in [0.25, 0.3) is 4.72 Å². The number of hydrogen-bond donors (Lipinski definition) is 0. The second kappa shape index (κ2) is 7.62. The number of rotatable bonds is 4. The number of nitrogens with zero attached hydrogens (tertiary/aromatic N) is 1. The number of benzene rings is 1. The molecule has 0 saturated carbocycles. The Kier molecular flexibility index (Phi) is 7.73. The average molecular weight is 281 g/mol. The minimum absolute atomic E-state index is 0. The second-order valence-corrected chi connectivity index (χ2v) is 4.83. The number of ether oxygens (including phenoxy) is 1. The minimum Gasteiger partial charge on any atom is -0.535 e. The van der Waals surface area contributed by atoms with Gasteiger partial charge >= 0.3 is 51.4 Å². The van der Waals surface area contributed by atoms with Crippen LogP contribution in [0, 0.1) is 6.92 Å². The zero-order chi connectivity index (χ0) is 12.2. The smallest absolute Gasteiger partial charge is 0.535 e. The Hall–Kier alpha value is 0.236. The number of carbonyl (C=O) groups excluding carboxylic acids is 1. The minimum atomic E-state index is -3.76. The van der Waals surface area contributed by atoms with E-state index in [1.165, 1.54) is 19.2 Å². The van der Waals surface area contributed by atoms with Crippen LogP contribution in [0.15, 0.2) is 29.2 Å². The number of hydrogen-bond acceptors (Lipinski definition) is 4. The topological polar surface area (TPSA) is 74.5 Å². The van der Waals surface area contributed by atoms with Gasteiger partial charge in [-0.05, 0) is 25.6 Å². The van der Waals surface area contributed by atoms with Crippen LogP contribution in [0.3, 0.4) is 0 Å². The molecule has 0 amide bonds. The Morgan fingerprint density at radius 1 is 1.29 bits per heavy atom. The van der Waals surface area contributed by atoms with Crippen molar-refractivity contribution in [2.45, 2.75) is 11.8 Å². The summed E-state index contributed by atoms with van der Waals surface area (Å²) in [5.41, 5.74) is 0.951. The van der Waals surface area contributed by atoms with Gasteiger partial charge in [0.1, 0.15) is 10.0 Å². The molecule has 5 nitrogen and oxygen atoms in total. The molecule has 0 aliphatic rings. The molecule has 0 aliphatic heterocycles. The maximum absolute atomic E-state index is 11.6. The molecule has 0 heterocycles. The van der Waals surface area contributed by atoms with Crippen LogP contribution in [0.4, 0.5) is 0 Å². The van der Waals surface area contributed by atoms with E-state index in [0.29, 0.717) is 0 Å². The van der Waals surface area contributed by atoms with Crippen molar-refractivity contribution in [2.24, 2.45) is 0 Å². The predicted molar refractivity (Wildman–Crippen MR) is 58.6 cm³/mol. The molecule has 0 aliphatic carbocycles. The van der Waals surface area contributed by atoms with Crippen LogP contribution in [0.1, 0.15) is 5.56 Å². The van der Waals surface area contributed by atoms with Gasteiger partial charge in [0.2, 0.25) is 0 Å². The fraction of sp³-hybridized carbons (Fsp3) is 0.300. The molecule has 0 atom stereocenters. The third kappa shape index (κ3) is 5.60. The van der Waals surface area contributed by atoms with E-state index in [9.17, 15) is 13.2 Å². The molecule has 0 aromatic heterocycles. The molecule has 17 heavy (non-hydrogen) atoms. The van der Waals surface area contributed by atoms with Crippen LogP contribution < -0.4 is 51.4 Å². The molecular formula is C10H12KNO4S. The molecule has 0 spiro atoms. The van der Waals surface area contributed by atoms with Gasteiger partial charge in [0, 0.05) is 4.90 Å². The van der Waals surface area contributed by atoms with E-state index in [2.05, 4.69) is 9.46 Å². The third-order valence-electron chi connectivity index (χ3n) is 1.91. The fourth-order valence-electron chi connectivity index (χ4n) is 0.987. The summed E-state index contributed by atoms with van der Waals surface area (Å²) in [5, 5.41) is 0. The monoisotopic (exact) mass is 281 g/mol. The van der Waals surface area contributed by atoms with E-state index in [1.807, 2.05) is 6.92 Å². The summed E-state index contributed by atoms with van der Waals surface area (Å²) in [6.07, 6.45) is 0. The van der Waals surface area contributed by atoms with Crippen molar-refractivity contribution < 1.29 is 69.3 Å². The van der Waals surface area contributed by atoms with Crippen molar-refractivity contribution in [1.82, 2.24) is 0 Å². The Morgan fingerprint density at radius 2 is 1.82 bits per heavy atom. The molecule has 0 saturated heterocycles. The van der Waals surface area contributed by atoms with E-state index in [-0.39, 0.29) is 56.3 Å². The normalized spacial score (nSPS) is 10.5. The van der Waals surface area contributed by atoms with E-state index < -0.39 is 22.5 Å². The summed E-state index contributed by atoms with van der Waals surface area (Å²) in [7, 11) is -2.58. The van der Waals surface area contributed by atoms with Gasteiger partial charge in [-0.25, -0.2) is 8.42 Å². The molecule has 0 N–H and O–H groups in total. The molecule has 1 rings (SSSR count). The van der Waals surface area contributed by atoms with Crippen LogP contribution >= 0.6 is 0 Å². The van der Waals surface area contributed by atoms with Crippen LogP contribution in [-0.2, 0) is 19.6 Å². The van der Waals surface area contributed by atoms with E-state index in [1.54, 1.807) is 12.1 Å². The maximum atomic E-state index is 11.6. The first-order chi connectivity index (χ1) is 7.45. The zero-order valence-electron chi connectivity index (χ0n) is 10.0. The Labute approximate surface area is 143 Å². The number of sulfonamides is 1. The number of methoxy groups -OCH3 is 1. The Bertz CT molecular complexity index is 470. The largest absolute Gasteiger partial charge is 1.00 e. The SMILES string of the molecule is COC(=O)C[N-]S(=O)(=O)c1ccc(C)cc1.[K+]. The summed E-state index contributed by atoms with van der Waals surface area (Å²) in [5.74, 6) is -0.685. The fourth-order valence-corrected chi connectivity index (χ4v) is 1.89. The standard InChI is InChI=1S/C10H12NO4S.K/c1-8-3-5-9(6-4-8)16(13,14)11-7-10(12)15-2;/h3-6H,7H2,1-2H3;/q-1;+1. The van der Waals surface area contributed by atoms with Gasteiger partial charge in [0.25, 0.3) is 5.97 Å². The molecule has 0 bridgehead atoms. The molecule has 1 aromatic rings. The average Bonchev–Trinajstić information content (AvgIpc) is 2.26. The first-order valence-electron chi connectivity index (χ1n) is 4.53. The second-order valence-electron chi connectivity index (χ2n) is 3.15. The van der Waals surface area contributed by atoms with Crippen LogP contribution in [-0.4, -0.2) is 28.0 Å². The van der Waals surface area contributed by atoms with Crippen LogP contribution in [0.2, 0.25) is 0 Å². The van der Waals surface area contributed by atoms with Crippen molar-refractivity contribution in [1.29, 1.82) is 0 Å². The first-order valence-corrected chi connectivity index (χ1v) is 5.97. The zero-order valence-corrected chi connectivity index (χ0v) is 13.9. The summed E-state index contributed by atoms with van der Waals surface area (Å²) < 4.78 is 30.8. The Balaban J connectivity index is 0.00000256. The van der Waals surface area contributed by atoms with Crippen molar-refractivity contribution in [3.63, 3.8) is 0 Å². The maximum Gasteiger partial charge on any atom is 1.00 e. The van der Waals surface area contributed by atoms with Crippen molar-refractivity contribution in [3.8, 4) is 0 Å². The number of aryl methyl sites for hydroxylation is 1.